The number of halogens is 6. The minimum absolute atomic E-state index is 0.0110. The van der Waals surface area contributed by atoms with Crippen LogP contribution < -0.4 is 10.6 Å². The Bertz CT molecular complexity index is 1200. The third-order valence-electron chi connectivity index (χ3n) is 4.90. The van der Waals surface area contributed by atoms with Crippen LogP contribution in [0.25, 0.3) is 5.57 Å². The molecule has 3 heterocycles. The van der Waals surface area contributed by atoms with Gasteiger partial charge in [0.25, 0.3) is 0 Å². The van der Waals surface area contributed by atoms with Gasteiger partial charge in [0.1, 0.15) is 5.82 Å². The maximum Gasteiger partial charge on any atom is 0.417 e. The van der Waals surface area contributed by atoms with Crippen molar-refractivity contribution in [3.05, 3.63) is 84.1 Å². The molecule has 0 aromatic carbocycles. The number of anilines is 1. The van der Waals surface area contributed by atoms with Crippen molar-refractivity contribution in [2.75, 3.05) is 11.9 Å². The largest absolute Gasteiger partial charge is 0.417 e. The van der Waals surface area contributed by atoms with Crippen molar-refractivity contribution >= 4 is 23.0 Å². The fourth-order valence-electron chi connectivity index (χ4n) is 3.32. The van der Waals surface area contributed by atoms with Gasteiger partial charge in [0.05, 0.1) is 24.2 Å². The van der Waals surface area contributed by atoms with Crippen LogP contribution in [-0.2, 0) is 17.4 Å². The Morgan fingerprint density at radius 2 is 1.94 bits per heavy atom. The summed E-state index contributed by atoms with van der Waals surface area (Å²) in [5, 5.41) is 5.41. The zero-order valence-corrected chi connectivity index (χ0v) is 18.7. The highest BCUT2D eigenvalue weighted by atomic mass is 19.4. The number of hydrogen-bond acceptors (Lipinski definition) is 5. The fraction of sp³-hybridized carbons (Fsp3) is 0.250. The van der Waals surface area contributed by atoms with Gasteiger partial charge in [-0.15, -0.1) is 6.58 Å². The van der Waals surface area contributed by atoms with E-state index in [4.69, 9.17) is 0 Å². The summed E-state index contributed by atoms with van der Waals surface area (Å²) < 4.78 is 77.3. The molecule has 12 heteroatoms. The van der Waals surface area contributed by atoms with E-state index in [-0.39, 0.29) is 36.5 Å². The van der Waals surface area contributed by atoms with Crippen LogP contribution in [0.1, 0.15) is 29.7 Å². The Balaban J connectivity index is 1.85. The van der Waals surface area contributed by atoms with Crippen LogP contribution in [0, 0.1) is 0 Å². The lowest BCUT2D eigenvalue weighted by molar-refractivity contribution is -0.137. The van der Waals surface area contributed by atoms with Gasteiger partial charge in [-0.3, -0.25) is 14.8 Å². The SMILES string of the molecule is C=CC/C(=C\N=C1CNC(=O)C=C(Nc2ccc(C(F)(F)F)cn2)C1)c1ncccc1CC(F)(F)F. The summed E-state index contributed by atoms with van der Waals surface area (Å²) in [5.41, 5.74) is 0.382. The van der Waals surface area contributed by atoms with Gasteiger partial charge in [-0.05, 0) is 30.2 Å². The van der Waals surface area contributed by atoms with E-state index in [1.54, 1.807) is 0 Å². The highest BCUT2D eigenvalue weighted by Gasteiger charge is 2.31. The zero-order valence-electron chi connectivity index (χ0n) is 18.7. The van der Waals surface area contributed by atoms with Crippen LogP contribution in [-0.4, -0.2) is 34.3 Å². The molecule has 0 spiro atoms. The van der Waals surface area contributed by atoms with Gasteiger partial charge < -0.3 is 10.6 Å². The molecule has 36 heavy (non-hydrogen) atoms. The molecule has 2 aromatic rings. The number of nitrogens with zero attached hydrogens (tertiary/aromatic N) is 3. The second-order valence-corrected chi connectivity index (χ2v) is 7.76. The molecule has 1 aliphatic heterocycles. The second kappa shape index (κ2) is 11.2. The number of nitrogens with one attached hydrogen (secondary N) is 2. The van der Waals surface area contributed by atoms with Crippen LogP contribution in [0.4, 0.5) is 32.2 Å². The minimum Gasteiger partial charge on any atom is -0.347 e. The summed E-state index contributed by atoms with van der Waals surface area (Å²) in [7, 11) is 0. The molecule has 190 valence electrons. The Morgan fingerprint density at radius 1 is 1.17 bits per heavy atom. The van der Waals surface area contributed by atoms with Crippen LogP contribution in [0.2, 0.25) is 0 Å². The first-order chi connectivity index (χ1) is 16.9. The molecule has 0 saturated heterocycles. The lowest BCUT2D eigenvalue weighted by atomic mass is 10.0. The van der Waals surface area contributed by atoms with Gasteiger partial charge in [0, 0.05) is 48.1 Å². The Labute approximate surface area is 202 Å². The molecular formula is C24H21F6N5O. The van der Waals surface area contributed by atoms with Crippen molar-refractivity contribution in [2.24, 2.45) is 4.99 Å². The van der Waals surface area contributed by atoms with Gasteiger partial charge in [0.15, 0.2) is 0 Å². The number of aliphatic imine (C=N–C) groups is 1. The first-order valence-electron chi connectivity index (χ1n) is 10.6. The van der Waals surface area contributed by atoms with Crippen LogP contribution in [0.3, 0.4) is 0 Å². The number of rotatable bonds is 7. The molecule has 3 rings (SSSR count). The number of hydrogen-bond donors (Lipinski definition) is 2. The lowest BCUT2D eigenvalue weighted by Gasteiger charge is -2.13. The predicted molar refractivity (Wildman–Crippen MR) is 123 cm³/mol. The summed E-state index contributed by atoms with van der Waals surface area (Å²) in [6.45, 7) is 3.69. The Morgan fingerprint density at radius 3 is 2.58 bits per heavy atom. The molecule has 0 radical (unpaired) electrons. The molecule has 1 amide bonds. The summed E-state index contributed by atoms with van der Waals surface area (Å²) in [5.74, 6) is -0.362. The summed E-state index contributed by atoms with van der Waals surface area (Å²) >= 11 is 0. The molecule has 2 N–H and O–H groups in total. The van der Waals surface area contributed by atoms with Crippen LogP contribution >= 0.6 is 0 Å². The van der Waals surface area contributed by atoms with Gasteiger partial charge in [-0.25, -0.2) is 4.98 Å². The Hall–Kier alpha value is -3.96. The molecular weight excluding hydrogens is 488 g/mol. The standard InChI is InChI=1S/C24H21F6N5O/c1-2-4-16(22-15(5-3-8-31-22)11-23(25,26)27)12-32-19-9-18(10-21(36)34-14-19)35-20-7-6-17(13-33-20)24(28,29)30/h2-3,5-8,10,12-13H,1,4,9,11,14H2,(H,33,35)(H,34,36)/b16-12+,32-19?. The minimum atomic E-state index is -4.53. The van der Waals surface area contributed by atoms with Crippen LogP contribution in [0.5, 0.6) is 0 Å². The predicted octanol–water partition coefficient (Wildman–Crippen LogP) is 5.47. The maximum absolute atomic E-state index is 13.0. The normalized spacial score (nSPS) is 16.3. The molecule has 0 unspecified atom stereocenters. The topological polar surface area (TPSA) is 79.3 Å². The summed E-state index contributed by atoms with van der Waals surface area (Å²) in [4.78, 5) is 24.3. The monoisotopic (exact) mass is 509 g/mol. The molecule has 1 aliphatic rings. The number of carbonyl (C=O) groups is 1. The number of allylic oxidation sites excluding steroid dienone is 3. The van der Waals surface area contributed by atoms with E-state index in [0.717, 1.165) is 12.1 Å². The molecule has 2 aromatic heterocycles. The van der Waals surface area contributed by atoms with Crippen molar-refractivity contribution in [3.8, 4) is 0 Å². The number of alkyl halides is 6. The number of amides is 1. The van der Waals surface area contributed by atoms with E-state index in [1.165, 1.54) is 36.7 Å². The van der Waals surface area contributed by atoms with Crippen molar-refractivity contribution in [2.45, 2.75) is 31.6 Å². The molecule has 0 fully saturated rings. The highest BCUT2D eigenvalue weighted by molar-refractivity contribution is 5.99. The first-order valence-corrected chi connectivity index (χ1v) is 10.6. The van der Waals surface area contributed by atoms with Crippen molar-refractivity contribution in [3.63, 3.8) is 0 Å². The van der Waals surface area contributed by atoms with E-state index in [2.05, 4.69) is 32.2 Å². The average molecular weight is 509 g/mol. The quantitative estimate of drug-likeness (QED) is 0.383. The molecule has 6 nitrogen and oxygen atoms in total. The summed E-state index contributed by atoms with van der Waals surface area (Å²) in [6.07, 6.45) is -3.64. The maximum atomic E-state index is 13.0. The number of pyridine rings is 2. The van der Waals surface area contributed by atoms with Crippen LogP contribution in [0.15, 0.2) is 72.3 Å². The molecule has 0 saturated carbocycles. The van der Waals surface area contributed by atoms with E-state index in [0.29, 0.717) is 23.2 Å². The van der Waals surface area contributed by atoms with Crippen molar-refractivity contribution in [1.29, 1.82) is 0 Å². The second-order valence-electron chi connectivity index (χ2n) is 7.76. The van der Waals surface area contributed by atoms with Crippen molar-refractivity contribution in [1.82, 2.24) is 15.3 Å². The number of carbonyl (C=O) groups excluding carboxylic acids is 1. The molecule has 0 atom stereocenters. The van der Waals surface area contributed by atoms with E-state index < -0.39 is 30.2 Å². The third-order valence-corrected chi connectivity index (χ3v) is 4.90. The highest BCUT2D eigenvalue weighted by Crippen LogP contribution is 2.29. The van der Waals surface area contributed by atoms with E-state index in [9.17, 15) is 31.1 Å². The molecule has 0 bridgehead atoms. The smallest absolute Gasteiger partial charge is 0.347 e. The van der Waals surface area contributed by atoms with Gasteiger partial charge in [-0.1, -0.05) is 12.1 Å². The summed E-state index contributed by atoms with van der Waals surface area (Å²) in [6, 6.07) is 4.75. The first kappa shape index (κ1) is 26.6. The number of aromatic nitrogens is 2. The van der Waals surface area contributed by atoms with Gasteiger partial charge in [-0.2, -0.15) is 26.3 Å². The fourth-order valence-corrected chi connectivity index (χ4v) is 3.32. The van der Waals surface area contributed by atoms with Crippen molar-refractivity contribution < 1.29 is 31.1 Å². The zero-order chi connectivity index (χ0) is 26.3. The average Bonchev–Trinajstić information content (AvgIpc) is 2.96. The third kappa shape index (κ3) is 7.79. The van der Waals surface area contributed by atoms with E-state index in [1.807, 2.05) is 0 Å². The van der Waals surface area contributed by atoms with E-state index >= 15 is 0 Å². The van der Waals surface area contributed by atoms with Gasteiger partial charge in [0.2, 0.25) is 5.91 Å². The lowest BCUT2D eigenvalue weighted by Crippen LogP contribution is -2.25. The van der Waals surface area contributed by atoms with Gasteiger partial charge >= 0.3 is 12.4 Å². The Kier molecular flexibility index (Phi) is 8.28. The molecule has 0 aliphatic carbocycles.